The highest BCUT2D eigenvalue weighted by Gasteiger charge is 2.24. The van der Waals surface area contributed by atoms with Crippen molar-refractivity contribution in [1.29, 1.82) is 5.41 Å². The number of nitrogens with one attached hydrogen (secondary N) is 2. The van der Waals surface area contributed by atoms with E-state index in [0.29, 0.717) is 23.8 Å². The minimum Gasteiger partial charge on any atom is -0.471 e. The van der Waals surface area contributed by atoms with E-state index in [1.165, 1.54) is 18.4 Å². The zero-order chi connectivity index (χ0) is 26.8. The Kier molecular flexibility index (Phi) is 6.95. The third-order valence-electron chi connectivity index (χ3n) is 6.55. The minimum absolute atomic E-state index is 0.0290. The molecule has 0 saturated heterocycles. The number of anilines is 1. The molecule has 1 fully saturated rings. The number of hydrogen-bond donors (Lipinski definition) is 3. The molecule has 0 amide bonds. The van der Waals surface area contributed by atoms with Gasteiger partial charge >= 0.3 is 5.97 Å². The number of imidazole rings is 1. The van der Waals surface area contributed by atoms with Crippen molar-refractivity contribution in [2.24, 2.45) is 5.73 Å². The molecule has 4 N–H and O–H groups in total. The van der Waals surface area contributed by atoms with Gasteiger partial charge in [0, 0.05) is 30.6 Å². The maximum atomic E-state index is 12.4. The number of esters is 1. The van der Waals surface area contributed by atoms with Crippen LogP contribution in [0.5, 0.6) is 5.88 Å². The first-order valence-electron chi connectivity index (χ1n) is 12.7. The fourth-order valence-electron chi connectivity index (χ4n) is 4.42. The average Bonchev–Trinajstić information content (AvgIpc) is 3.66. The van der Waals surface area contributed by atoms with Crippen LogP contribution in [-0.2, 0) is 17.9 Å². The van der Waals surface area contributed by atoms with Gasteiger partial charge in [-0.05, 0) is 80.0 Å². The smallest absolute Gasteiger partial charge is 0.376 e. The van der Waals surface area contributed by atoms with Crippen LogP contribution in [0.1, 0.15) is 69.8 Å². The van der Waals surface area contributed by atoms with Crippen molar-refractivity contribution in [2.75, 3.05) is 11.9 Å². The highest BCUT2D eigenvalue weighted by molar-refractivity contribution is 5.95. The number of nitrogen functional groups attached to an aromatic ring is 1. The van der Waals surface area contributed by atoms with Crippen LogP contribution in [0, 0.1) is 19.3 Å². The van der Waals surface area contributed by atoms with E-state index in [0.717, 1.165) is 28.0 Å². The Balaban J connectivity index is 1.34. The Labute approximate surface area is 220 Å². The van der Waals surface area contributed by atoms with E-state index in [9.17, 15) is 4.79 Å². The van der Waals surface area contributed by atoms with Gasteiger partial charge in [0.05, 0.1) is 12.3 Å². The lowest BCUT2D eigenvalue weighted by Crippen LogP contribution is -2.15. The molecular formula is C28H31N7O3. The van der Waals surface area contributed by atoms with E-state index in [-0.39, 0.29) is 30.8 Å². The number of aryl methyl sites for hydroxylation is 2. The average molecular weight is 514 g/mol. The van der Waals surface area contributed by atoms with E-state index in [1.807, 2.05) is 42.6 Å². The van der Waals surface area contributed by atoms with Gasteiger partial charge < -0.3 is 24.9 Å². The summed E-state index contributed by atoms with van der Waals surface area (Å²) in [6, 6.07) is 9.57. The second-order valence-electron chi connectivity index (χ2n) is 9.51. The topological polar surface area (TPSA) is 141 Å². The van der Waals surface area contributed by atoms with Crippen LogP contribution in [0.4, 0.5) is 5.82 Å². The molecule has 0 aliphatic heterocycles. The number of fused-ring (bicyclic) bond motifs is 1. The summed E-state index contributed by atoms with van der Waals surface area (Å²) in [6.07, 6.45) is 6.56. The number of ether oxygens (including phenoxy) is 2. The van der Waals surface area contributed by atoms with Crippen molar-refractivity contribution in [2.45, 2.75) is 52.7 Å². The summed E-state index contributed by atoms with van der Waals surface area (Å²) in [4.78, 5) is 25.7. The Morgan fingerprint density at radius 2 is 1.89 bits per heavy atom. The van der Waals surface area contributed by atoms with E-state index in [4.69, 9.17) is 20.6 Å². The lowest BCUT2D eigenvalue weighted by Gasteiger charge is -2.14. The highest BCUT2D eigenvalue weighted by atomic mass is 16.5. The predicted molar refractivity (Wildman–Crippen MR) is 144 cm³/mol. The van der Waals surface area contributed by atoms with Crippen molar-refractivity contribution < 1.29 is 14.3 Å². The lowest BCUT2D eigenvalue weighted by molar-refractivity contribution is 0.0510. The van der Waals surface area contributed by atoms with E-state index in [1.54, 1.807) is 13.0 Å². The summed E-state index contributed by atoms with van der Waals surface area (Å²) in [5.41, 5.74) is 12.3. The van der Waals surface area contributed by atoms with Crippen molar-refractivity contribution >= 4 is 23.3 Å². The molecule has 3 aromatic heterocycles. The molecule has 0 unspecified atom stereocenters. The first kappa shape index (κ1) is 25.2. The van der Waals surface area contributed by atoms with Crippen LogP contribution in [0.25, 0.3) is 5.65 Å². The number of pyridine rings is 1. The zero-order valence-corrected chi connectivity index (χ0v) is 21.7. The van der Waals surface area contributed by atoms with Crippen LogP contribution in [0.2, 0.25) is 0 Å². The van der Waals surface area contributed by atoms with Crippen molar-refractivity contribution in [3.63, 3.8) is 0 Å². The molecule has 10 nitrogen and oxygen atoms in total. The maximum Gasteiger partial charge on any atom is 0.376 e. The summed E-state index contributed by atoms with van der Waals surface area (Å²) in [5, 5.41) is 11.0. The quantitative estimate of drug-likeness (QED) is 0.162. The van der Waals surface area contributed by atoms with Gasteiger partial charge in [-0.1, -0.05) is 6.07 Å². The molecule has 10 heteroatoms. The van der Waals surface area contributed by atoms with Gasteiger partial charge in [-0.25, -0.2) is 14.8 Å². The van der Waals surface area contributed by atoms with E-state index >= 15 is 0 Å². The molecule has 196 valence electrons. The van der Waals surface area contributed by atoms with Gasteiger partial charge in [0.25, 0.3) is 0 Å². The fraction of sp³-hybridized carbons (Fsp3) is 0.321. The molecule has 1 aromatic carbocycles. The van der Waals surface area contributed by atoms with E-state index < -0.39 is 5.97 Å². The number of carbonyl (C=O) groups is 1. The minimum atomic E-state index is -0.625. The predicted octanol–water partition coefficient (Wildman–Crippen LogP) is 4.27. The number of benzene rings is 1. The Morgan fingerprint density at radius 3 is 2.58 bits per heavy atom. The molecule has 0 atom stereocenters. The summed E-state index contributed by atoms with van der Waals surface area (Å²) in [6.45, 7) is 6.51. The van der Waals surface area contributed by atoms with Gasteiger partial charge in [0.15, 0.2) is 0 Å². The van der Waals surface area contributed by atoms with Crippen molar-refractivity contribution in [3.8, 4) is 5.88 Å². The molecule has 38 heavy (non-hydrogen) atoms. The second kappa shape index (κ2) is 10.5. The molecule has 1 aliphatic carbocycles. The Morgan fingerprint density at radius 1 is 1.13 bits per heavy atom. The first-order valence-corrected chi connectivity index (χ1v) is 12.7. The van der Waals surface area contributed by atoms with Crippen LogP contribution in [-0.4, -0.2) is 37.8 Å². The van der Waals surface area contributed by atoms with Crippen LogP contribution < -0.4 is 15.8 Å². The summed E-state index contributed by atoms with van der Waals surface area (Å²) < 4.78 is 13.1. The lowest BCUT2D eigenvalue weighted by atomic mass is 9.99. The van der Waals surface area contributed by atoms with Crippen LogP contribution >= 0.6 is 0 Å². The van der Waals surface area contributed by atoms with Crippen LogP contribution in [0.15, 0.2) is 42.7 Å². The number of aromatic nitrogens is 4. The van der Waals surface area contributed by atoms with Gasteiger partial charge in [0.2, 0.25) is 11.7 Å². The van der Waals surface area contributed by atoms with Gasteiger partial charge in [-0.3, -0.25) is 5.41 Å². The molecule has 4 aromatic rings. The molecule has 5 rings (SSSR count). The number of carbonyl (C=O) groups excluding carboxylic acids is 1. The number of hydrogen-bond acceptors (Lipinski definition) is 8. The molecule has 1 saturated carbocycles. The van der Waals surface area contributed by atoms with Gasteiger partial charge in [-0.15, -0.1) is 0 Å². The normalized spacial score (nSPS) is 12.9. The van der Waals surface area contributed by atoms with E-state index in [2.05, 4.69) is 32.5 Å². The fourth-order valence-corrected chi connectivity index (χ4v) is 4.42. The third-order valence-corrected chi connectivity index (χ3v) is 6.55. The number of nitrogens with zero attached hydrogens (tertiary/aromatic N) is 4. The first-order chi connectivity index (χ1) is 18.3. The number of nitrogens with two attached hydrogens (primary N) is 1. The highest BCUT2D eigenvalue weighted by Crippen LogP contribution is 2.39. The third kappa shape index (κ3) is 5.59. The summed E-state index contributed by atoms with van der Waals surface area (Å²) >= 11 is 0. The Hall–Kier alpha value is -4.47. The van der Waals surface area contributed by atoms with Crippen molar-refractivity contribution in [1.82, 2.24) is 19.4 Å². The molecule has 0 bridgehead atoms. The van der Waals surface area contributed by atoms with Gasteiger partial charge in [0.1, 0.15) is 23.9 Å². The second-order valence-corrected chi connectivity index (χ2v) is 9.51. The summed E-state index contributed by atoms with van der Waals surface area (Å²) in [7, 11) is 0. The zero-order valence-electron chi connectivity index (χ0n) is 21.7. The van der Waals surface area contributed by atoms with Crippen molar-refractivity contribution in [3.05, 3.63) is 82.1 Å². The molecule has 1 aliphatic rings. The van der Waals surface area contributed by atoms with Gasteiger partial charge in [-0.2, -0.15) is 4.98 Å². The number of rotatable bonds is 10. The molecule has 3 heterocycles. The SMILES string of the molecule is CCOC(=O)c1nc(NCc2c(C)cc(C(=N)N)cc2C)cc(OCc2cn3cc(C4CC4)ccc3n2)n1. The monoisotopic (exact) mass is 513 g/mol. The molecule has 0 spiro atoms. The standard InChI is InChI=1S/C28H31N7O3/c1-4-37-28(36)27-33-23(31-12-22-16(2)9-20(26(29)30)10-17(22)3)11-25(34-27)38-15-21-14-35-13-19(18-5-6-18)7-8-24(35)32-21/h7-11,13-14,18H,4-6,12,15H2,1-3H3,(H3,29,30)(H,31,33,34). The molecular weight excluding hydrogens is 482 g/mol. The maximum absolute atomic E-state index is 12.4. The molecule has 0 radical (unpaired) electrons. The number of amidine groups is 1. The Bertz CT molecular complexity index is 1500. The summed E-state index contributed by atoms with van der Waals surface area (Å²) in [5.74, 6) is 0.643. The largest absolute Gasteiger partial charge is 0.471 e. The van der Waals surface area contributed by atoms with Crippen LogP contribution in [0.3, 0.4) is 0 Å².